The molecule has 4 atom stereocenters. The Morgan fingerprint density at radius 2 is 1.37 bits per heavy atom. The van der Waals surface area contributed by atoms with E-state index < -0.39 is 30.1 Å². The summed E-state index contributed by atoms with van der Waals surface area (Å²) >= 11 is 0. The largest absolute Gasteiger partial charge is 0.465 e. The summed E-state index contributed by atoms with van der Waals surface area (Å²) in [5.74, 6) is 0.208. The lowest BCUT2D eigenvalue weighted by molar-refractivity contribution is -0.136. The first-order valence-electron chi connectivity index (χ1n) is 19.2. The number of carbonyl (C=O) groups is 4. The minimum absolute atomic E-state index is 0.142. The number of halogens is 1. The van der Waals surface area contributed by atoms with Gasteiger partial charge in [-0.1, -0.05) is 33.8 Å². The number of benzene rings is 2. The van der Waals surface area contributed by atoms with E-state index in [1.54, 1.807) is 54.2 Å². The summed E-state index contributed by atoms with van der Waals surface area (Å²) in [7, 11) is 1.27. The molecule has 5 heterocycles. The summed E-state index contributed by atoms with van der Waals surface area (Å²) < 4.78 is 26.6. The van der Waals surface area contributed by atoms with E-state index in [4.69, 9.17) is 9.15 Å². The van der Waals surface area contributed by atoms with Crippen molar-refractivity contribution >= 4 is 35.0 Å². The number of likely N-dealkylation sites (tertiary alicyclic amines) is 2. The number of carbonyl (C=O) groups excluding carboxylic acids is 3. The molecule has 0 unspecified atom stereocenters. The van der Waals surface area contributed by atoms with Crippen LogP contribution in [0.5, 0.6) is 0 Å². The van der Waals surface area contributed by atoms with Gasteiger partial charge in [-0.05, 0) is 73.9 Å². The zero-order chi connectivity index (χ0) is 40.5. The number of H-pyrrole nitrogens is 2. The van der Waals surface area contributed by atoms with Crippen molar-refractivity contribution in [3.05, 3.63) is 72.3 Å². The highest BCUT2D eigenvalue weighted by atomic mass is 19.1. The summed E-state index contributed by atoms with van der Waals surface area (Å²) in [6, 6.07) is 10.0. The Bertz CT molecular complexity index is 2300. The predicted molar refractivity (Wildman–Crippen MR) is 208 cm³/mol. The molecular formula is C41H47FN8O7. The van der Waals surface area contributed by atoms with Crippen molar-refractivity contribution in [2.45, 2.75) is 77.5 Å². The number of methoxy groups -OCH3 is 1. The SMILES string of the molecule is COC(=O)N[C@H](C(=O)N1CCC[C@H]1c1ncc(-c2ccc3oc(-c4ccc(-c5cnc([C@@H]6CCCN6C(=O)[C@@H](NC(=O)O)C(C)C)[nH]5)cc4F)cc3c2)[nH]1)C(C)C. The second-order valence-electron chi connectivity index (χ2n) is 15.3. The van der Waals surface area contributed by atoms with E-state index >= 15 is 4.39 Å². The smallest absolute Gasteiger partial charge is 0.407 e. The molecule has 2 aromatic carbocycles. The average molecular weight is 783 g/mol. The molecule has 3 aromatic heterocycles. The Labute approximate surface area is 328 Å². The van der Waals surface area contributed by atoms with Crippen LogP contribution in [0.15, 0.2) is 59.3 Å². The van der Waals surface area contributed by atoms with Crippen molar-refractivity contribution in [2.24, 2.45) is 11.8 Å². The van der Waals surface area contributed by atoms with Crippen molar-refractivity contribution in [1.82, 2.24) is 40.4 Å². The number of carboxylic acid groups (broad SMARTS) is 1. The predicted octanol–water partition coefficient (Wildman–Crippen LogP) is 7.02. The van der Waals surface area contributed by atoms with Crippen LogP contribution < -0.4 is 10.6 Å². The standard InChI is InChI=1S/C41H47FN8O7/c1-21(2)34(47-40(53)54)38(51)49-14-6-8-30(49)37-44-20-29(46-37)24-10-12-26(27(42)17-24)33-18-25-16-23(11-13-32(25)57-33)28-19-43-36(45-28)31-9-7-15-50(31)39(52)35(22(3)4)48-41(55)56-5/h10-13,16-22,30-31,34-35,47H,6-9,14-15H2,1-5H3,(H,43,45)(H,44,46)(H,48,55)(H,53,54)/t30-,31-,34-,35-/m0/s1. The van der Waals surface area contributed by atoms with Gasteiger partial charge in [-0.15, -0.1) is 0 Å². The van der Waals surface area contributed by atoms with E-state index in [0.29, 0.717) is 53.8 Å². The molecule has 300 valence electrons. The van der Waals surface area contributed by atoms with Gasteiger partial charge in [0.1, 0.15) is 40.9 Å². The fraction of sp³-hybridized carbons (Fsp3) is 0.415. The van der Waals surface area contributed by atoms with E-state index in [0.717, 1.165) is 35.9 Å². The molecule has 16 heteroatoms. The molecule has 7 rings (SSSR count). The molecule has 0 spiro atoms. The number of fused-ring (bicyclic) bond motifs is 1. The quantitative estimate of drug-likeness (QED) is 0.0935. The number of imidazole rings is 2. The molecule has 15 nitrogen and oxygen atoms in total. The molecule has 2 aliphatic rings. The van der Waals surface area contributed by atoms with Gasteiger partial charge in [0.05, 0.1) is 48.5 Å². The second-order valence-corrected chi connectivity index (χ2v) is 15.3. The number of furan rings is 1. The molecule has 0 bridgehead atoms. The first kappa shape index (κ1) is 39.1. The van der Waals surface area contributed by atoms with Crippen LogP contribution in [0.3, 0.4) is 0 Å². The molecule has 5 aromatic rings. The third-order valence-corrected chi connectivity index (χ3v) is 10.9. The zero-order valence-electron chi connectivity index (χ0n) is 32.5. The minimum Gasteiger partial charge on any atom is -0.465 e. The number of ether oxygens (including phenoxy) is 1. The topological polar surface area (TPSA) is 199 Å². The van der Waals surface area contributed by atoms with Crippen molar-refractivity contribution in [1.29, 1.82) is 0 Å². The van der Waals surface area contributed by atoms with Crippen LogP contribution in [0, 0.1) is 17.7 Å². The number of rotatable bonds is 11. The molecule has 0 radical (unpaired) electrons. The lowest BCUT2D eigenvalue weighted by Gasteiger charge is -2.30. The maximum Gasteiger partial charge on any atom is 0.407 e. The number of alkyl carbamates (subject to hydrolysis) is 1. The van der Waals surface area contributed by atoms with Crippen LogP contribution in [-0.2, 0) is 14.3 Å². The molecule has 57 heavy (non-hydrogen) atoms. The molecule has 0 saturated carbocycles. The van der Waals surface area contributed by atoms with E-state index in [9.17, 15) is 24.3 Å². The zero-order valence-corrected chi connectivity index (χ0v) is 32.5. The highest BCUT2D eigenvalue weighted by Gasteiger charge is 2.39. The first-order valence-corrected chi connectivity index (χ1v) is 19.2. The van der Waals surface area contributed by atoms with Crippen LogP contribution >= 0.6 is 0 Å². The maximum atomic E-state index is 15.8. The highest BCUT2D eigenvalue weighted by Crippen LogP contribution is 2.37. The highest BCUT2D eigenvalue weighted by molar-refractivity contribution is 5.88. The first-order chi connectivity index (χ1) is 27.3. The summed E-state index contributed by atoms with van der Waals surface area (Å²) in [6.07, 6.45) is 4.36. The van der Waals surface area contributed by atoms with Crippen molar-refractivity contribution in [3.63, 3.8) is 0 Å². The summed E-state index contributed by atoms with van der Waals surface area (Å²) in [5.41, 5.74) is 3.59. The number of nitrogens with one attached hydrogen (secondary N) is 4. The Balaban J connectivity index is 1.06. The van der Waals surface area contributed by atoms with E-state index in [2.05, 4.69) is 30.6 Å². The second kappa shape index (κ2) is 16.1. The van der Waals surface area contributed by atoms with Gasteiger partial charge in [-0.2, -0.15) is 0 Å². The average Bonchev–Trinajstić information content (AvgIpc) is 4.03. The normalized spacial score (nSPS) is 18.0. The van der Waals surface area contributed by atoms with Crippen LogP contribution in [0.4, 0.5) is 14.0 Å². The monoisotopic (exact) mass is 782 g/mol. The fourth-order valence-electron chi connectivity index (χ4n) is 7.86. The number of aromatic amines is 2. The third-order valence-electron chi connectivity index (χ3n) is 10.9. The lowest BCUT2D eigenvalue weighted by atomic mass is 10.0. The number of aromatic nitrogens is 4. The van der Waals surface area contributed by atoms with Gasteiger partial charge in [0.15, 0.2) is 0 Å². The summed E-state index contributed by atoms with van der Waals surface area (Å²) in [5, 5.41) is 15.1. The Hall–Kier alpha value is -6.19. The fourth-order valence-corrected chi connectivity index (χ4v) is 7.86. The Kier molecular flexibility index (Phi) is 11.0. The Morgan fingerprint density at radius 3 is 1.89 bits per heavy atom. The van der Waals surface area contributed by atoms with Crippen LogP contribution in [-0.4, -0.2) is 91.1 Å². The molecule has 2 saturated heterocycles. The molecular weight excluding hydrogens is 735 g/mol. The third kappa shape index (κ3) is 7.93. The van der Waals surface area contributed by atoms with Crippen LogP contribution in [0.2, 0.25) is 0 Å². The number of amides is 4. The van der Waals surface area contributed by atoms with Gasteiger partial charge in [0.25, 0.3) is 0 Å². The van der Waals surface area contributed by atoms with Gasteiger partial charge in [-0.25, -0.2) is 23.9 Å². The van der Waals surface area contributed by atoms with Crippen molar-refractivity contribution in [2.75, 3.05) is 20.2 Å². The molecule has 4 amide bonds. The van der Waals surface area contributed by atoms with E-state index in [1.807, 2.05) is 32.0 Å². The Morgan fingerprint density at radius 1 is 0.825 bits per heavy atom. The number of hydrogen-bond acceptors (Lipinski definition) is 8. The molecule has 2 aliphatic heterocycles. The van der Waals surface area contributed by atoms with Crippen LogP contribution in [0.25, 0.3) is 44.8 Å². The molecule has 2 fully saturated rings. The van der Waals surface area contributed by atoms with E-state index in [-0.39, 0.29) is 41.3 Å². The summed E-state index contributed by atoms with van der Waals surface area (Å²) in [6.45, 7) is 8.36. The molecule has 5 N–H and O–H groups in total. The van der Waals surface area contributed by atoms with Gasteiger partial charge < -0.3 is 44.7 Å². The summed E-state index contributed by atoms with van der Waals surface area (Å²) in [4.78, 5) is 69.5. The van der Waals surface area contributed by atoms with Crippen LogP contribution in [0.1, 0.15) is 77.1 Å². The number of nitrogens with zero attached hydrogens (tertiary/aromatic N) is 4. The van der Waals surface area contributed by atoms with Gasteiger partial charge in [0, 0.05) is 29.6 Å². The van der Waals surface area contributed by atoms with E-state index in [1.165, 1.54) is 13.2 Å². The number of hydrogen-bond donors (Lipinski definition) is 5. The van der Waals surface area contributed by atoms with Gasteiger partial charge in [0.2, 0.25) is 11.8 Å². The van der Waals surface area contributed by atoms with Crippen molar-refractivity contribution in [3.8, 4) is 33.8 Å². The minimum atomic E-state index is -1.25. The molecule has 0 aliphatic carbocycles. The lowest BCUT2D eigenvalue weighted by Crippen LogP contribution is -2.51. The van der Waals surface area contributed by atoms with Gasteiger partial charge in [-0.3, -0.25) is 9.59 Å². The van der Waals surface area contributed by atoms with Crippen molar-refractivity contribution < 1.29 is 37.8 Å². The maximum absolute atomic E-state index is 15.8. The van der Waals surface area contributed by atoms with Gasteiger partial charge >= 0.3 is 12.2 Å².